The summed E-state index contributed by atoms with van der Waals surface area (Å²) in [6.45, 7) is 4.42. The first-order valence-corrected chi connectivity index (χ1v) is 7.69. The Morgan fingerprint density at radius 2 is 2.21 bits per heavy atom. The van der Waals surface area contributed by atoms with Crippen LogP contribution >= 0.6 is 0 Å². The van der Waals surface area contributed by atoms with Crippen molar-refractivity contribution in [3.05, 3.63) is 0 Å². The van der Waals surface area contributed by atoms with Gasteiger partial charge in [0.25, 0.3) is 0 Å². The molecule has 3 heterocycles. The molecule has 2 amide bonds. The number of hydrogen-bond acceptors (Lipinski definition) is 3. The number of likely N-dealkylation sites (tertiary alicyclic amines) is 1. The second-order valence-electron chi connectivity index (χ2n) is 6.06. The van der Waals surface area contributed by atoms with Crippen LogP contribution in [-0.2, 0) is 4.74 Å². The lowest BCUT2D eigenvalue weighted by Gasteiger charge is -2.36. The molecule has 108 valence electrons. The molecule has 3 rings (SSSR count). The minimum atomic E-state index is 0.109. The Morgan fingerprint density at radius 1 is 1.26 bits per heavy atom. The van der Waals surface area contributed by atoms with Gasteiger partial charge in [-0.25, -0.2) is 4.79 Å². The third-order valence-corrected chi connectivity index (χ3v) is 4.67. The van der Waals surface area contributed by atoms with Crippen LogP contribution in [0, 0.1) is 5.92 Å². The molecular formula is C14H25N3O2. The molecule has 0 radical (unpaired) electrons. The van der Waals surface area contributed by atoms with Gasteiger partial charge in [-0.3, -0.25) is 0 Å². The molecule has 3 fully saturated rings. The van der Waals surface area contributed by atoms with Gasteiger partial charge in [-0.15, -0.1) is 0 Å². The summed E-state index contributed by atoms with van der Waals surface area (Å²) in [6.07, 6.45) is 5.90. The number of nitrogens with zero attached hydrogens (tertiary/aromatic N) is 1. The Kier molecular flexibility index (Phi) is 4.23. The maximum absolute atomic E-state index is 12.3. The largest absolute Gasteiger partial charge is 0.379 e. The molecule has 3 saturated heterocycles. The molecule has 5 nitrogen and oxygen atoms in total. The Labute approximate surface area is 115 Å². The van der Waals surface area contributed by atoms with Crippen LogP contribution in [0.15, 0.2) is 0 Å². The van der Waals surface area contributed by atoms with E-state index in [2.05, 4.69) is 10.6 Å². The third kappa shape index (κ3) is 3.20. The molecule has 3 unspecified atom stereocenters. The lowest BCUT2D eigenvalue weighted by Crippen LogP contribution is -2.51. The zero-order chi connectivity index (χ0) is 13.1. The number of amides is 2. The highest BCUT2D eigenvalue weighted by Crippen LogP contribution is 2.24. The average Bonchev–Trinajstić information content (AvgIpc) is 3.12. The van der Waals surface area contributed by atoms with E-state index in [1.165, 1.54) is 19.3 Å². The predicted octanol–water partition coefficient (Wildman–Crippen LogP) is 0.949. The molecule has 19 heavy (non-hydrogen) atoms. The highest BCUT2D eigenvalue weighted by Gasteiger charge is 2.31. The molecule has 3 aliphatic rings. The molecule has 3 atom stereocenters. The van der Waals surface area contributed by atoms with E-state index < -0.39 is 0 Å². The molecular weight excluding hydrogens is 242 g/mol. The van der Waals surface area contributed by atoms with Crippen molar-refractivity contribution < 1.29 is 9.53 Å². The first-order chi connectivity index (χ1) is 9.33. The standard InChI is InChI=1S/C14H25N3O2/c18-14(16-12-5-8-19-10-12)17-7-2-3-11(9-17)13-4-1-6-15-13/h11-13,15H,1-10H2,(H,16,18). The van der Waals surface area contributed by atoms with E-state index in [0.717, 1.165) is 39.1 Å². The molecule has 2 N–H and O–H groups in total. The van der Waals surface area contributed by atoms with E-state index in [0.29, 0.717) is 18.6 Å². The Hall–Kier alpha value is -0.810. The van der Waals surface area contributed by atoms with Crippen LogP contribution in [0.5, 0.6) is 0 Å². The minimum absolute atomic E-state index is 0.109. The van der Waals surface area contributed by atoms with Gasteiger partial charge in [0.15, 0.2) is 0 Å². The van der Waals surface area contributed by atoms with E-state index >= 15 is 0 Å². The quantitative estimate of drug-likeness (QED) is 0.783. The smallest absolute Gasteiger partial charge is 0.317 e. The van der Waals surface area contributed by atoms with E-state index in [1.54, 1.807) is 0 Å². The van der Waals surface area contributed by atoms with Gasteiger partial charge in [-0.05, 0) is 44.6 Å². The monoisotopic (exact) mass is 267 g/mol. The van der Waals surface area contributed by atoms with Crippen molar-refractivity contribution >= 4 is 6.03 Å². The zero-order valence-corrected chi connectivity index (χ0v) is 11.6. The van der Waals surface area contributed by atoms with Crippen molar-refractivity contribution in [1.82, 2.24) is 15.5 Å². The highest BCUT2D eigenvalue weighted by atomic mass is 16.5. The van der Waals surface area contributed by atoms with Crippen molar-refractivity contribution in [2.75, 3.05) is 32.8 Å². The van der Waals surface area contributed by atoms with Crippen LogP contribution in [0.25, 0.3) is 0 Å². The molecule has 0 aliphatic carbocycles. The van der Waals surface area contributed by atoms with Gasteiger partial charge in [0.1, 0.15) is 0 Å². The Morgan fingerprint density at radius 3 is 2.95 bits per heavy atom. The van der Waals surface area contributed by atoms with Crippen LogP contribution < -0.4 is 10.6 Å². The van der Waals surface area contributed by atoms with Crippen LogP contribution in [0.1, 0.15) is 32.1 Å². The number of nitrogens with one attached hydrogen (secondary N) is 2. The lowest BCUT2D eigenvalue weighted by atomic mass is 9.90. The number of hydrogen-bond donors (Lipinski definition) is 2. The van der Waals surface area contributed by atoms with Crippen molar-refractivity contribution in [2.45, 2.75) is 44.2 Å². The second kappa shape index (κ2) is 6.09. The first-order valence-electron chi connectivity index (χ1n) is 7.69. The number of ether oxygens (including phenoxy) is 1. The summed E-state index contributed by atoms with van der Waals surface area (Å²) in [5.74, 6) is 0.641. The molecule has 0 bridgehead atoms. The molecule has 3 aliphatic heterocycles. The first kappa shape index (κ1) is 13.2. The lowest BCUT2D eigenvalue weighted by molar-refractivity contribution is 0.147. The summed E-state index contributed by atoms with van der Waals surface area (Å²) >= 11 is 0. The van der Waals surface area contributed by atoms with Gasteiger partial charge in [-0.2, -0.15) is 0 Å². The maximum atomic E-state index is 12.3. The predicted molar refractivity (Wildman–Crippen MR) is 73.1 cm³/mol. The fourth-order valence-electron chi connectivity index (χ4n) is 3.55. The molecule has 0 spiro atoms. The van der Waals surface area contributed by atoms with E-state index in [-0.39, 0.29) is 12.1 Å². The van der Waals surface area contributed by atoms with Crippen LogP contribution in [-0.4, -0.2) is 55.9 Å². The average molecular weight is 267 g/mol. The molecule has 0 aromatic carbocycles. The number of carbonyl (C=O) groups excluding carboxylic acids is 1. The SMILES string of the molecule is O=C(NC1CCOC1)N1CCCC(C2CCCN2)C1. The number of urea groups is 1. The summed E-state index contributed by atoms with van der Waals surface area (Å²) in [6, 6.07) is 0.959. The summed E-state index contributed by atoms with van der Waals surface area (Å²) < 4.78 is 5.30. The minimum Gasteiger partial charge on any atom is -0.379 e. The van der Waals surface area contributed by atoms with Gasteiger partial charge in [-0.1, -0.05) is 0 Å². The highest BCUT2D eigenvalue weighted by molar-refractivity contribution is 5.74. The van der Waals surface area contributed by atoms with Gasteiger partial charge in [0.2, 0.25) is 0 Å². The Bertz CT molecular complexity index is 312. The Balaban J connectivity index is 1.50. The second-order valence-corrected chi connectivity index (χ2v) is 6.06. The fourth-order valence-corrected chi connectivity index (χ4v) is 3.55. The molecule has 0 saturated carbocycles. The van der Waals surface area contributed by atoms with Crippen molar-refractivity contribution in [3.63, 3.8) is 0 Å². The summed E-state index contributed by atoms with van der Waals surface area (Å²) in [4.78, 5) is 14.3. The topological polar surface area (TPSA) is 53.6 Å². The van der Waals surface area contributed by atoms with Gasteiger partial charge in [0, 0.05) is 25.7 Å². The van der Waals surface area contributed by atoms with Gasteiger partial charge < -0.3 is 20.3 Å². The van der Waals surface area contributed by atoms with Gasteiger partial charge >= 0.3 is 6.03 Å². The number of piperidine rings is 1. The number of rotatable bonds is 2. The molecule has 0 aromatic heterocycles. The van der Waals surface area contributed by atoms with E-state index in [9.17, 15) is 4.79 Å². The molecule has 0 aromatic rings. The van der Waals surface area contributed by atoms with Crippen molar-refractivity contribution in [3.8, 4) is 0 Å². The van der Waals surface area contributed by atoms with E-state index in [1.807, 2.05) is 4.90 Å². The van der Waals surface area contributed by atoms with Crippen molar-refractivity contribution in [1.29, 1.82) is 0 Å². The fraction of sp³-hybridized carbons (Fsp3) is 0.929. The normalized spacial score (nSPS) is 35.6. The van der Waals surface area contributed by atoms with Crippen LogP contribution in [0.2, 0.25) is 0 Å². The van der Waals surface area contributed by atoms with Gasteiger partial charge in [0.05, 0.1) is 12.6 Å². The summed E-state index contributed by atoms with van der Waals surface area (Å²) in [7, 11) is 0. The number of carbonyl (C=O) groups is 1. The van der Waals surface area contributed by atoms with E-state index in [4.69, 9.17) is 4.74 Å². The third-order valence-electron chi connectivity index (χ3n) is 4.67. The van der Waals surface area contributed by atoms with Crippen molar-refractivity contribution in [2.24, 2.45) is 5.92 Å². The summed E-state index contributed by atoms with van der Waals surface area (Å²) in [5, 5.41) is 6.68. The molecule has 5 heteroatoms. The van der Waals surface area contributed by atoms with Crippen LogP contribution in [0.3, 0.4) is 0 Å². The zero-order valence-electron chi connectivity index (χ0n) is 11.6. The van der Waals surface area contributed by atoms with Crippen LogP contribution in [0.4, 0.5) is 4.79 Å². The summed E-state index contributed by atoms with van der Waals surface area (Å²) in [5.41, 5.74) is 0. The maximum Gasteiger partial charge on any atom is 0.317 e.